The van der Waals surface area contributed by atoms with Gasteiger partial charge in [0.25, 0.3) is 0 Å². The average Bonchev–Trinajstić information content (AvgIpc) is 2.66. The highest BCUT2D eigenvalue weighted by Crippen LogP contribution is 2.29. The van der Waals surface area contributed by atoms with Crippen molar-refractivity contribution >= 4 is 49.8 Å². The minimum atomic E-state index is -4.36. The molecule has 0 rings (SSSR count). The molecule has 0 saturated heterocycles. The van der Waals surface area contributed by atoms with Gasteiger partial charge in [0.1, 0.15) is 10.1 Å². The van der Waals surface area contributed by atoms with Crippen molar-refractivity contribution in [3.63, 3.8) is 0 Å². The van der Waals surface area contributed by atoms with Crippen LogP contribution in [0.3, 0.4) is 0 Å². The van der Waals surface area contributed by atoms with Crippen LogP contribution >= 0.6 is 0 Å². The van der Waals surface area contributed by atoms with Crippen molar-refractivity contribution in [1.82, 2.24) is 5.32 Å². The van der Waals surface area contributed by atoms with Gasteiger partial charge in [-0.15, -0.1) is 0 Å². The van der Waals surface area contributed by atoms with Crippen LogP contribution in [-0.2, 0) is 27.3 Å². The van der Waals surface area contributed by atoms with Crippen molar-refractivity contribution in [1.29, 1.82) is 0 Å². The molecule has 0 heterocycles. The summed E-state index contributed by atoms with van der Waals surface area (Å²) in [5.41, 5.74) is 0. The number of nitrogens with one attached hydrogen (secondary N) is 1. The van der Waals surface area contributed by atoms with Crippen molar-refractivity contribution in [2.75, 3.05) is 27.2 Å². The summed E-state index contributed by atoms with van der Waals surface area (Å²) >= 11 is 0. The molecule has 0 aliphatic rings. The van der Waals surface area contributed by atoms with Crippen LogP contribution in [0, 0.1) is 0 Å². The molecular weight excluding hydrogens is 585 g/mol. The van der Waals surface area contributed by atoms with Gasteiger partial charge in [0.2, 0.25) is 5.91 Å². The molecule has 0 aromatic heterocycles. The number of carbonyl (C=O) groups is 1. The Balaban J connectivity index is 4.81. The van der Waals surface area contributed by atoms with Crippen LogP contribution < -0.4 is 5.32 Å². The molecule has 39 heavy (non-hydrogen) atoms. The maximum atomic E-state index is 12.5. The van der Waals surface area contributed by atoms with E-state index in [9.17, 15) is 17.8 Å². The molecule has 1 N–H and O–H groups in total. The van der Waals surface area contributed by atoms with Gasteiger partial charge in [0, 0.05) is 25.4 Å². The maximum Gasteiger partial charge on any atom is 0.469 e. The minimum Gasteiger partial charge on any atom is -0.743 e. The number of nitrogens with zero attached hydrogens (tertiary/aromatic N) is 1. The fraction of sp³-hybridized carbons (Fsp3) is 0.960. The van der Waals surface area contributed by atoms with Crippen LogP contribution in [-0.4, -0.2) is 89.7 Å². The van der Waals surface area contributed by atoms with E-state index in [4.69, 9.17) is 12.3 Å². The Hall–Kier alpha value is 0.0875. The van der Waals surface area contributed by atoms with Crippen LogP contribution in [0.4, 0.5) is 0 Å². The van der Waals surface area contributed by atoms with Gasteiger partial charge in [-0.05, 0) is 91.0 Å². The van der Waals surface area contributed by atoms with Crippen LogP contribution in [0.1, 0.15) is 58.3 Å². The Kier molecular flexibility index (Phi) is 16.1. The van der Waals surface area contributed by atoms with Crippen molar-refractivity contribution in [3.8, 4) is 0 Å². The summed E-state index contributed by atoms with van der Waals surface area (Å²) in [6.07, 6.45) is 5.43. The fourth-order valence-corrected chi connectivity index (χ4v) is 20.5. The summed E-state index contributed by atoms with van der Waals surface area (Å²) < 4.78 is 55.7. The third-order valence-corrected chi connectivity index (χ3v) is 19.4. The summed E-state index contributed by atoms with van der Waals surface area (Å²) in [7, 11) is -9.39. The Labute approximate surface area is 244 Å². The lowest BCUT2D eigenvalue weighted by Crippen LogP contribution is -2.60. The largest absolute Gasteiger partial charge is 0.743 e. The zero-order chi connectivity index (χ0) is 30.8. The predicted octanol–water partition coefficient (Wildman–Crippen LogP) is 5.68. The van der Waals surface area contributed by atoms with Gasteiger partial charge >= 0.3 is 8.80 Å². The molecule has 9 nitrogen and oxygen atoms in total. The number of carbonyl (C=O) groups excluding carboxylic acids is 1. The Morgan fingerprint density at radius 3 is 1.72 bits per heavy atom. The number of hydrogen-bond acceptors (Lipinski definition) is 7. The third kappa shape index (κ3) is 19.0. The number of quaternary nitrogens is 1. The molecule has 0 aliphatic heterocycles. The molecule has 234 valence electrons. The highest BCUT2D eigenvalue weighted by molar-refractivity contribution is 7.86. The number of rotatable bonds is 21. The van der Waals surface area contributed by atoms with Gasteiger partial charge in [-0.3, -0.25) is 4.79 Å². The summed E-state index contributed by atoms with van der Waals surface area (Å²) in [5, 5.41) is 2.12. The van der Waals surface area contributed by atoms with E-state index in [1.807, 2.05) is 21.0 Å². The van der Waals surface area contributed by atoms with Gasteiger partial charge in [-0.25, -0.2) is 8.42 Å². The molecule has 1 amide bonds. The first-order valence-corrected chi connectivity index (χ1v) is 28.2. The van der Waals surface area contributed by atoms with Crippen molar-refractivity contribution in [3.05, 3.63) is 0 Å². The smallest absolute Gasteiger partial charge is 0.469 e. The molecule has 0 fully saturated rings. The Bertz CT molecular complexity index is 798. The quantitative estimate of drug-likeness (QED) is 0.0740. The molecule has 0 aromatic rings. The van der Waals surface area contributed by atoms with E-state index in [-0.39, 0.29) is 10.4 Å². The molecule has 0 radical (unpaired) electrons. The second-order valence-corrected chi connectivity index (χ2v) is 32.7. The molecule has 1 atom stereocenters. The molecule has 0 saturated carbocycles. The van der Waals surface area contributed by atoms with Crippen molar-refractivity contribution in [2.24, 2.45) is 0 Å². The molecule has 0 aliphatic carbocycles. The molecule has 0 aromatic carbocycles. The van der Waals surface area contributed by atoms with E-state index in [1.165, 1.54) is 0 Å². The first-order chi connectivity index (χ1) is 17.4. The summed E-state index contributed by atoms with van der Waals surface area (Å²) in [5.74, 6) is 0.0160. The second-order valence-electron chi connectivity index (χ2n) is 14.2. The standard InChI is InChI=1S/C25H60N2O7SSi4/c1-13-14-20-25(35(29,30)31)27(2,3)22-17-15-16-19-24(28)26-21-18-23-39(32-36(4,5)6,33-37(7,8)9)34-38(10,11)12/h25H,13-23H2,1-12H3,(H-,26,28,29,30,31). The van der Waals surface area contributed by atoms with Crippen LogP contribution in [0.25, 0.3) is 0 Å². The fourth-order valence-electron chi connectivity index (χ4n) is 4.58. The zero-order valence-electron chi connectivity index (χ0n) is 27.1. The highest BCUT2D eigenvalue weighted by atomic mass is 32.2. The van der Waals surface area contributed by atoms with Gasteiger partial charge in [-0.1, -0.05) is 13.3 Å². The van der Waals surface area contributed by atoms with E-state index in [0.29, 0.717) is 32.0 Å². The number of unbranched alkanes of at least 4 members (excludes halogenated alkanes) is 3. The monoisotopic (exact) mass is 644 g/mol. The third-order valence-electron chi connectivity index (χ3n) is 5.92. The number of hydrogen-bond donors (Lipinski definition) is 1. The van der Waals surface area contributed by atoms with E-state index < -0.39 is 49.2 Å². The lowest BCUT2D eigenvalue weighted by Gasteiger charge is -2.43. The molecular formula is C25H60N2O7SSi4. The summed E-state index contributed by atoms with van der Waals surface area (Å²) in [6, 6.07) is 0.695. The molecule has 1 unspecified atom stereocenters. The first-order valence-electron chi connectivity index (χ1n) is 14.6. The zero-order valence-corrected chi connectivity index (χ0v) is 31.9. The average molecular weight is 645 g/mol. The van der Waals surface area contributed by atoms with E-state index in [1.54, 1.807) is 0 Å². The number of amides is 1. The van der Waals surface area contributed by atoms with Gasteiger partial charge < -0.3 is 26.7 Å². The van der Waals surface area contributed by atoms with Gasteiger partial charge in [0.15, 0.2) is 30.3 Å². The van der Waals surface area contributed by atoms with E-state index in [2.05, 4.69) is 64.2 Å². The van der Waals surface area contributed by atoms with E-state index >= 15 is 0 Å². The minimum absolute atomic E-state index is 0.0160. The van der Waals surface area contributed by atoms with Gasteiger partial charge in [-0.2, -0.15) is 0 Å². The Morgan fingerprint density at radius 2 is 1.31 bits per heavy atom. The van der Waals surface area contributed by atoms with Crippen LogP contribution in [0.15, 0.2) is 0 Å². The predicted molar refractivity (Wildman–Crippen MR) is 170 cm³/mol. The first kappa shape index (κ1) is 39.1. The topological polar surface area (TPSA) is 114 Å². The highest BCUT2D eigenvalue weighted by Gasteiger charge is 2.49. The van der Waals surface area contributed by atoms with Crippen molar-refractivity contribution < 1.29 is 34.6 Å². The summed E-state index contributed by atoms with van der Waals surface area (Å²) in [4.78, 5) is 12.5. The van der Waals surface area contributed by atoms with Crippen LogP contribution in [0.5, 0.6) is 0 Å². The lowest BCUT2D eigenvalue weighted by atomic mass is 10.1. The Morgan fingerprint density at radius 1 is 0.821 bits per heavy atom. The lowest BCUT2D eigenvalue weighted by molar-refractivity contribution is -0.902. The van der Waals surface area contributed by atoms with Crippen molar-refractivity contribution in [2.45, 2.75) is 129 Å². The SMILES string of the molecule is CCCCC([N+](C)(C)CCCCCC(=O)NCCC[Si](O[Si](C)(C)C)(O[Si](C)(C)C)O[Si](C)(C)C)S(=O)(=O)[O-]. The normalized spacial score (nSPS) is 14.9. The molecule has 14 heteroatoms. The molecule has 0 bridgehead atoms. The summed E-state index contributed by atoms with van der Waals surface area (Å²) in [6.45, 7) is 22.7. The maximum absolute atomic E-state index is 12.5. The van der Waals surface area contributed by atoms with Crippen LogP contribution in [0.2, 0.25) is 65.0 Å². The molecule has 0 spiro atoms. The second kappa shape index (κ2) is 16.1. The van der Waals surface area contributed by atoms with Gasteiger partial charge in [0.05, 0.1) is 20.6 Å². The van der Waals surface area contributed by atoms with E-state index in [0.717, 1.165) is 38.5 Å².